The van der Waals surface area contributed by atoms with Crippen molar-refractivity contribution in [1.82, 2.24) is 20.0 Å². The van der Waals surface area contributed by atoms with Gasteiger partial charge in [0.2, 0.25) is 0 Å². The molecule has 20 heavy (non-hydrogen) atoms. The Kier molecular flexibility index (Phi) is 3.33. The fourth-order valence-electron chi connectivity index (χ4n) is 2.15. The number of rotatable bonds is 3. The molecule has 1 aromatic carbocycles. The Morgan fingerprint density at radius 1 is 1.15 bits per heavy atom. The Bertz CT molecular complexity index is 624. The van der Waals surface area contributed by atoms with Gasteiger partial charge in [0.15, 0.2) is 0 Å². The van der Waals surface area contributed by atoms with Gasteiger partial charge in [-0.05, 0) is 24.3 Å². The second kappa shape index (κ2) is 5.28. The molecule has 0 spiro atoms. The molecule has 0 bridgehead atoms. The molecule has 0 saturated heterocycles. The first kappa shape index (κ1) is 12.6. The largest absolute Gasteiger partial charge is 0.362 e. The molecular weight excluding hydrogens is 255 g/mol. The number of hydrogen-bond donors (Lipinski definition) is 0. The van der Waals surface area contributed by atoms with Gasteiger partial charge in [-0.2, -0.15) is 10.2 Å². The zero-order valence-corrected chi connectivity index (χ0v) is 11.2. The van der Waals surface area contributed by atoms with E-state index in [4.69, 9.17) is 0 Å². The number of benzene rings is 1. The van der Waals surface area contributed by atoms with Crippen LogP contribution in [0.3, 0.4) is 0 Å². The third-order valence-electron chi connectivity index (χ3n) is 3.14. The maximum atomic E-state index is 13.2. The molecule has 0 fully saturated rings. The molecule has 3 rings (SSSR count). The van der Waals surface area contributed by atoms with Crippen molar-refractivity contribution >= 4 is 0 Å². The van der Waals surface area contributed by atoms with Crippen molar-refractivity contribution in [3.63, 3.8) is 0 Å². The minimum Gasteiger partial charge on any atom is -0.362 e. The predicted molar refractivity (Wildman–Crippen MR) is 74.7 cm³/mol. The lowest BCUT2D eigenvalue weighted by atomic mass is 10.1. The van der Waals surface area contributed by atoms with Crippen molar-refractivity contribution in [2.45, 2.75) is 6.54 Å². The van der Waals surface area contributed by atoms with Crippen LogP contribution in [0.15, 0.2) is 48.8 Å². The molecule has 0 unspecified atom stereocenters. The number of halogens is 1. The summed E-state index contributed by atoms with van der Waals surface area (Å²) >= 11 is 0. The highest BCUT2D eigenvalue weighted by molar-refractivity contribution is 5.58. The van der Waals surface area contributed by atoms with Crippen LogP contribution < -0.4 is 0 Å². The summed E-state index contributed by atoms with van der Waals surface area (Å²) in [6.07, 6.45) is 4.05. The molecule has 4 nitrogen and oxygen atoms in total. The molecule has 5 heteroatoms. The van der Waals surface area contributed by atoms with Gasteiger partial charge < -0.3 is 9.80 Å². The Morgan fingerprint density at radius 3 is 2.70 bits per heavy atom. The van der Waals surface area contributed by atoms with Gasteiger partial charge in [-0.15, -0.1) is 0 Å². The Labute approximate surface area is 117 Å². The topological polar surface area (TPSA) is 32.3 Å². The van der Waals surface area contributed by atoms with Crippen LogP contribution in [-0.4, -0.2) is 33.7 Å². The van der Waals surface area contributed by atoms with E-state index < -0.39 is 0 Å². The van der Waals surface area contributed by atoms with Crippen molar-refractivity contribution in [3.8, 4) is 11.3 Å². The van der Waals surface area contributed by atoms with E-state index in [2.05, 4.69) is 20.0 Å². The third-order valence-corrected chi connectivity index (χ3v) is 3.14. The Balaban J connectivity index is 1.73. The summed E-state index contributed by atoms with van der Waals surface area (Å²) in [6.45, 7) is 1.57. The van der Waals surface area contributed by atoms with Crippen LogP contribution >= 0.6 is 0 Å². The highest BCUT2D eigenvalue weighted by Crippen LogP contribution is 2.17. The molecule has 0 radical (unpaired) electrons. The summed E-state index contributed by atoms with van der Waals surface area (Å²) in [4.78, 5) is 4.24. The number of nitrogens with zero attached hydrogens (tertiary/aromatic N) is 4. The van der Waals surface area contributed by atoms with Gasteiger partial charge in [0, 0.05) is 25.0 Å². The molecule has 1 aliphatic heterocycles. The van der Waals surface area contributed by atoms with E-state index in [0.717, 1.165) is 24.5 Å². The number of hydrogen-bond acceptors (Lipinski definition) is 4. The van der Waals surface area contributed by atoms with Crippen LogP contribution in [0, 0.1) is 5.82 Å². The van der Waals surface area contributed by atoms with Gasteiger partial charge in [-0.1, -0.05) is 12.1 Å². The molecule has 0 saturated carbocycles. The fraction of sp³-hybridized carbons (Fsp3) is 0.200. The highest BCUT2D eigenvalue weighted by Gasteiger charge is 2.10. The second-order valence-electron chi connectivity index (χ2n) is 4.86. The maximum absolute atomic E-state index is 13.2. The Hall–Kier alpha value is -2.43. The van der Waals surface area contributed by atoms with Gasteiger partial charge in [-0.3, -0.25) is 0 Å². The van der Waals surface area contributed by atoms with Crippen LogP contribution in [0.2, 0.25) is 0 Å². The lowest BCUT2D eigenvalue weighted by molar-refractivity contribution is 0.287. The zero-order chi connectivity index (χ0) is 13.9. The summed E-state index contributed by atoms with van der Waals surface area (Å²) in [5.41, 5.74) is 2.32. The molecule has 0 aliphatic carbocycles. The summed E-state index contributed by atoms with van der Waals surface area (Å²) < 4.78 is 13.2. The molecule has 1 aromatic heterocycles. The second-order valence-corrected chi connectivity index (χ2v) is 4.86. The van der Waals surface area contributed by atoms with Crippen molar-refractivity contribution < 1.29 is 4.39 Å². The molecule has 2 aromatic rings. The van der Waals surface area contributed by atoms with Crippen LogP contribution in [-0.2, 0) is 6.54 Å². The fourth-order valence-corrected chi connectivity index (χ4v) is 2.15. The zero-order valence-electron chi connectivity index (χ0n) is 11.2. The lowest BCUT2D eigenvalue weighted by Crippen LogP contribution is -2.22. The van der Waals surface area contributed by atoms with E-state index in [0.29, 0.717) is 5.69 Å². The molecule has 2 heterocycles. The average Bonchev–Trinajstić information content (AvgIpc) is 2.85. The van der Waals surface area contributed by atoms with Gasteiger partial charge in [0.05, 0.1) is 24.6 Å². The highest BCUT2D eigenvalue weighted by atomic mass is 19.1. The van der Waals surface area contributed by atoms with Crippen molar-refractivity contribution in [2.24, 2.45) is 0 Å². The first-order valence-corrected chi connectivity index (χ1v) is 6.42. The van der Waals surface area contributed by atoms with E-state index in [1.165, 1.54) is 12.1 Å². The predicted octanol–water partition coefficient (Wildman–Crippen LogP) is 2.46. The summed E-state index contributed by atoms with van der Waals surface area (Å²) in [6, 6.07) is 10.2. The van der Waals surface area contributed by atoms with Gasteiger partial charge in [0.1, 0.15) is 5.82 Å². The lowest BCUT2D eigenvalue weighted by Gasteiger charge is -2.17. The SMILES string of the molecule is CN1C=CN(Cc2ccc(-c3cccc(F)c3)nn2)C1. The summed E-state index contributed by atoms with van der Waals surface area (Å²) in [5, 5.41) is 8.38. The minimum atomic E-state index is -0.265. The van der Waals surface area contributed by atoms with E-state index in [1.807, 2.05) is 37.6 Å². The monoisotopic (exact) mass is 270 g/mol. The standard InChI is InChI=1S/C15H15FN4/c1-19-7-8-20(11-19)10-14-5-6-15(18-17-14)12-3-2-4-13(16)9-12/h2-9H,10-11H2,1H3. The van der Waals surface area contributed by atoms with E-state index in [9.17, 15) is 4.39 Å². The van der Waals surface area contributed by atoms with Crippen LogP contribution in [0.5, 0.6) is 0 Å². The summed E-state index contributed by atoms with van der Waals surface area (Å²) in [5.74, 6) is -0.265. The van der Waals surface area contributed by atoms with E-state index in [1.54, 1.807) is 6.07 Å². The van der Waals surface area contributed by atoms with Crippen LogP contribution in [0.1, 0.15) is 5.69 Å². The van der Waals surface area contributed by atoms with Crippen molar-refractivity contribution in [2.75, 3.05) is 13.7 Å². The van der Waals surface area contributed by atoms with Crippen LogP contribution in [0.25, 0.3) is 11.3 Å². The smallest absolute Gasteiger partial charge is 0.123 e. The third kappa shape index (κ3) is 2.77. The molecule has 0 N–H and O–H groups in total. The molecule has 0 amide bonds. The number of aromatic nitrogens is 2. The first-order chi connectivity index (χ1) is 9.70. The normalized spacial score (nSPS) is 14.1. The molecule has 0 atom stereocenters. The first-order valence-electron chi connectivity index (χ1n) is 6.42. The van der Waals surface area contributed by atoms with Crippen LogP contribution in [0.4, 0.5) is 4.39 Å². The van der Waals surface area contributed by atoms with E-state index >= 15 is 0 Å². The van der Waals surface area contributed by atoms with E-state index in [-0.39, 0.29) is 5.82 Å². The van der Waals surface area contributed by atoms with Gasteiger partial charge in [0.25, 0.3) is 0 Å². The quantitative estimate of drug-likeness (QED) is 0.857. The van der Waals surface area contributed by atoms with Crippen molar-refractivity contribution in [3.05, 3.63) is 60.3 Å². The van der Waals surface area contributed by atoms with Crippen molar-refractivity contribution in [1.29, 1.82) is 0 Å². The maximum Gasteiger partial charge on any atom is 0.123 e. The summed E-state index contributed by atoms with van der Waals surface area (Å²) in [7, 11) is 2.02. The molecular formula is C15H15FN4. The molecule has 102 valence electrons. The molecule has 1 aliphatic rings. The minimum absolute atomic E-state index is 0.265. The van der Waals surface area contributed by atoms with Gasteiger partial charge >= 0.3 is 0 Å². The van der Waals surface area contributed by atoms with Gasteiger partial charge in [-0.25, -0.2) is 4.39 Å². The Morgan fingerprint density at radius 2 is 2.05 bits per heavy atom. The average molecular weight is 270 g/mol.